The normalized spacial score (nSPS) is 16.7. The fourth-order valence-electron chi connectivity index (χ4n) is 4.56. The molecule has 0 radical (unpaired) electrons. The van der Waals surface area contributed by atoms with Crippen LogP contribution in [0, 0.1) is 0 Å². The van der Waals surface area contributed by atoms with E-state index < -0.39 is 23.5 Å². The Morgan fingerprint density at radius 3 is 2.56 bits per heavy atom. The molecule has 226 valence electrons. The number of aromatic nitrogens is 4. The van der Waals surface area contributed by atoms with Crippen molar-refractivity contribution < 1.29 is 27.6 Å². The molecule has 10 nitrogen and oxygen atoms in total. The third-order valence-electron chi connectivity index (χ3n) is 6.97. The van der Waals surface area contributed by atoms with E-state index in [1.54, 1.807) is 35.1 Å². The molecule has 1 fully saturated rings. The molecule has 1 unspecified atom stereocenters. The lowest BCUT2D eigenvalue weighted by Crippen LogP contribution is -2.30. The van der Waals surface area contributed by atoms with Crippen molar-refractivity contribution >= 4 is 37.9 Å². The first-order valence-electron chi connectivity index (χ1n) is 13.6. The average Bonchev–Trinajstić information content (AvgIpc) is 3.46. The van der Waals surface area contributed by atoms with Crippen molar-refractivity contribution in [2.45, 2.75) is 44.2 Å². The number of nitrogens with zero attached hydrogens (tertiary/aromatic N) is 4. The number of aliphatic hydroxyl groups is 1. The third-order valence-corrected chi connectivity index (χ3v) is 8.01. The van der Waals surface area contributed by atoms with Gasteiger partial charge in [-0.15, -0.1) is 0 Å². The Labute approximate surface area is 248 Å². The van der Waals surface area contributed by atoms with Crippen LogP contribution in [-0.4, -0.2) is 50.5 Å². The van der Waals surface area contributed by atoms with Crippen LogP contribution in [0.4, 0.5) is 36.3 Å². The summed E-state index contributed by atoms with van der Waals surface area (Å²) in [5, 5.41) is 22.2. The summed E-state index contributed by atoms with van der Waals surface area (Å²) in [5.74, 6) is -1.05. The number of benzene rings is 2. The van der Waals surface area contributed by atoms with Crippen molar-refractivity contribution in [3.05, 3.63) is 77.7 Å². The lowest BCUT2D eigenvalue weighted by atomic mass is 9.90. The zero-order chi connectivity index (χ0) is 30.6. The maximum atomic E-state index is 14.0. The van der Waals surface area contributed by atoms with Gasteiger partial charge >= 0.3 is 6.18 Å². The molecule has 2 aromatic heterocycles. The van der Waals surface area contributed by atoms with Crippen LogP contribution in [0.1, 0.15) is 47.3 Å². The Morgan fingerprint density at radius 2 is 1.88 bits per heavy atom. The number of amides is 1. The molecule has 0 spiro atoms. The zero-order valence-corrected chi connectivity index (χ0v) is 24.4. The maximum Gasteiger partial charge on any atom is 0.421 e. The Balaban J connectivity index is 1.41. The lowest BCUT2D eigenvalue weighted by molar-refractivity contribution is -0.137. The van der Waals surface area contributed by atoms with Crippen molar-refractivity contribution in [1.29, 1.82) is 0 Å². The van der Waals surface area contributed by atoms with Gasteiger partial charge in [0, 0.05) is 52.3 Å². The van der Waals surface area contributed by atoms with Gasteiger partial charge in [-0.3, -0.25) is 9.48 Å². The summed E-state index contributed by atoms with van der Waals surface area (Å²) in [4.78, 5) is 20.8. The summed E-state index contributed by atoms with van der Waals surface area (Å²) in [6, 6.07) is 12.3. The molecule has 43 heavy (non-hydrogen) atoms. The van der Waals surface area contributed by atoms with E-state index in [4.69, 9.17) is 4.52 Å². The topological polar surface area (TPSA) is 126 Å². The largest absolute Gasteiger partial charge is 0.421 e. The van der Waals surface area contributed by atoms with Crippen molar-refractivity contribution in [3.8, 4) is 11.1 Å². The van der Waals surface area contributed by atoms with Crippen molar-refractivity contribution in [2.75, 3.05) is 24.3 Å². The molecule has 4 aromatic rings. The highest BCUT2D eigenvalue weighted by Crippen LogP contribution is 2.37. The highest BCUT2D eigenvalue weighted by Gasteiger charge is 2.36. The zero-order valence-electron chi connectivity index (χ0n) is 23.4. The molecule has 1 amide bonds. The van der Waals surface area contributed by atoms with E-state index >= 15 is 0 Å². The van der Waals surface area contributed by atoms with Gasteiger partial charge in [-0.1, -0.05) is 18.2 Å². The van der Waals surface area contributed by atoms with Crippen LogP contribution in [0.25, 0.3) is 11.1 Å². The van der Waals surface area contributed by atoms with Crippen LogP contribution in [-0.2, 0) is 16.9 Å². The minimum Gasteiger partial charge on any atom is -0.393 e. The summed E-state index contributed by atoms with van der Waals surface area (Å²) in [7, 11) is 1.78. The van der Waals surface area contributed by atoms with E-state index in [2.05, 4.69) is 31.0 Å². The summed E-state index contributed by atoms with van der Waals surface area (Å²) >= 11 is 0. The summed E-state index contributed by atoms with van der Waals surface area (Å²) in [6.07, 6.45) is 1.09. The second-order valence-electron chi connectivity index (χ2n) is 9.98. The van der Waals surface area contributed by atoms with Gasteiger partial charge in [-0.05, 0) is 55.2 Å². The van der Waals surface area contributed by atoms with Gasteiger partial charge in [0.15, 0.2) is 0 Å². The maximum absolute atomic E-state index is 14.0. The Bertz CT molecular complexity index is 1570. The lowest BCUT2D eigenvalue weighted by Gasteiger charge is -2.31. The monoisotopic (exact) mass is 613 g/mol. The molecule has 0 aliphatic heterocycles. The molecule has 2 aromatic carbocycles. The smallest absolute Gasteiger partial charge is 0.393 e. The third kappa shape index (κ3) is 7.30. The van der Waals surface area contributed by atoms with Gasteiger partial charge in [-0.25, -0.2) is 4.98 Å². The van der Waals surface area contributed by atoms with Crippen molar-refractivity contribution in [1.82, 2.24) is 25.1 Å². The predicted octanol–water partition coefficient (Wildman–Crippen LogP) is 6.03. The Kier molecular flexibility index (Phi) is 9.24. The molecular formula is C29H31F3N7O3P. The number of hydrogen-bond acceptors (Lipinski definition) is 8. The highest BCUT2D eigenvalue weighted by atomic mass is 31.1. The fraction of sp³-hybridized carbons (Fsp3) is 0.310. The predicted molar refractivity (Wildman–Crippen MR) is 159 cm³/mol. The standard InChI is InChI=1S/C29H31F3N7O3P/c1-3-42-43-16-17-4-7-20(8-5-17)36-28-34-14-24(29(30,31)32)26(38-28)37-25-9-6-18(10-23(25)27(41)33-2)19-13-35-39(15-19)21-11-22(40)12-21/h4-10,13-15,21-22,40,43H,3,11-12,16H2,1-2H3,(H,33,41)(H2,34,36,37,38). The minimum atomic E-state index is -4.75. The Morgan fingerprint density at radius 1 is 1.12 bits per heavy atom. The molecular weight excluding hydrogens is 582 g/mol. The van der Waals surface area contributed by atoms with Gasteiger partial charge in [0.1, 0.15) is 11.4 Å². The van der Waals surface area contributed by atoms with Gasteiger partial charge in [-0.2, -0.15) is 23.3 Å². The number of hydrogen-bond donors (Lipinski definition) is 4. The number of carbonyl (C=O) groups is 1. The first kappa shape index (κ1) is 30.4. The molecule has 1 aliphatic rings. The second-order valence-corrected chi connectivity index (χ2v) is 10.9. The second kappa shape index (κ2) is 13.1. The molecule has 0 saturated heterocycles. The SMILES string of the molecule is CCOPCc1ccc(Nc2ncc(C(F)(F)F)c(Nc3ccc(-c4cnn(C5CC(O)C5)c4)cc3C(=O)NC)n2)cc1. The summed E-state index contributed by atoms with van der Waals surface area (Å²) in [6.45, 7) is 2.58. The van der Waals surface area contributed by atoms with E-state index in [9.17, 15) is 23.1 Å². The van der Waals surface area contributed by atoms with E-state index in [0.29, 0.717) is 45.7 Å². The quantitative estimate of drug-likeness (QED) is 0.119. The van der Waals surface area contributed by atoms with Crippen molar-refractivity contribution in [2.24, 2.45) is 0 Å². The number of anilines is 4. The molecule has 0 bridgehead atoms. The average molecular weight is 614 g/mol. The molecule has 1 atom stereocenters. The van der Waals surface area contributed by atoms with E-state index in [1.807, 2.05) is 25.3 Å². The molecule has 1 saturated carbocycles. The van der Waals surface area contributed by atoms with Crippen LogP contribution in [0.15, 0.2) is 61.1 Å². The van der Waals surface area contributed by atoms with Crippen LogP contribution in [0.2, 0.25) is 0 Å². The van der Waals surface area contributed by atoms with Crippen LogP contribution in [0.3, 0.4) is 0 Å². The summed E-state index contributed by atoms with van der Waals surface area (Å²) < 4.78 is 49.1. The van der Waals surface area contributed by atoms with Crippen LogP contribution < -0.4 is 16.0 Å². The molecule has 4 N–H and O–H groups in total. The highest BCUT2D eigenvalue weighted by molar-refractivity contribution is 7.31. The van der Waals surface area contributed by atoms with Gasteiger partial charge in [0.05, 0.1) is 29.6 Å². The fourth-order valence-corrected chi connectivity index (χ4v) is 5.27. The number of halogens is 3. The van der Waals surface area contributed by atoms with E-state index in [0.717, 1.165) is 17.3 Å². The number of alkyl halides is 3. The Hall–Kier alpha value is -4.06. The first-order valence-corrected chi connectivity index (χ1v) is 14.8. The van der Waals surface area contributed by atoms with Crippen LogP contribution in [0.5, 0.6) is 0 Å². The molecule has 5 rings (SSSR count). The number of nitrogens with one attached hydrogen (secondary N) is 3. The number of aliphatic hydroxyl groups excluding tert-OH is 1. The molecule has 2 heterocycles. The van der Waals surface area contributed by atoms with Gasteiger partial charge < -0.3 is 25.6 Å². The molecule has 14 heteroatoms. The number of carbonyl (C=O) groups excluding carboxylic acids is 1. The van der Waals surface area contributed by atoms with Gasteiger partial charge in [0.2, 0.25) is 5.95 Å². The van der Waals surface area contributed by atoms with Gasteiger partial charge in [0.25, 0.3) is 5.91 Å². The summed E-state index contributed by atoms with van der Waals surface area (Å²) in [5.41, 5.74) is 2.22. The minimum absolute atomic E-state index is 0.0499. The van der Waals surface area contributed by atoms with E-state index in [1.165, 1.54) is 13.1 Å². The first-order chi connectivity index (χ1) is 20.6. The number of rotatable bonds is 11. The van der Waals surface area contributed by atoms with Crippen molar-refractivity contribution in [3.63, 3.8) is 0 Å². The van der Waals surface area contributed by atoms with E-state index in [-0.39, 0.29) is 29.3 Å². The molecule has 1 aliphatic carbocycles. The van der Waals surface area contributed by atoms with Crippen LogP contribution >= 0.6 is 8.81 Å².